The van der Waals surface area contributed by atoms with Crippen LogP contribution in [-0.4, -0.2) is 22.5 Å². The Bertz CT molecular complexity index is 933. The van der Waals surface area contributed by atoms with Crippen LogP contribution in [0.15, 0.2) is 59.1 Å². The topological polar surface area (TPSA) is 46.3 Å². The second kappa shape index (κ2) is 6.75. The summed E-state index contributed by atoms with van der Waals surface area (Å²) in [6, 6.07) is 16.1. The summed E-state index contributed by atoms with van der Waals surface area (Å²) in [5.41, 5.74) is 2.97. The third kappa shape index (κ3) is 3.01. The largest absolute Gasteiger partial charge is 0.350 e. The minimum Gasteiger partial charge on any atom is -0.350 e. The van der Waals surface area contributed by atoms with Gasteiger partial charge in [-0.1, -0.05) is 47.1 Å². The van der Waals surface area contributed by atoms with E-state index < -0.39 is 5.82 Å². The van der Waals surface area contributed by atoms with E-state index in [1.807, 2.05) is 11.8 Å². The molecule has 4 rings (SSSR count). The predicted molar refractivity (Wildman–Crippen MR) is 96.1 cm³/mol. The van der Waals surface area contributed by atoms with Crippen LogP contribution in [0.1, 0.15) is 40.6 Å². The van der Waals surface area contributed by atoms with Crippen molar-refractivity contribution in [3.63, 3.8) is 0 Å². The van der Waals surface area contributed by atoms with Crippen molar-refractivity contribution in [3.05, 3.63) is 77.3 Å². The lowest BCUT2D eigenvalue weighted by Crippen LogP contribution is -2.30. The summed E-state index contributed by atoms with van der Waals surface area (Å²) >= 11 is 0. The lowest BCUT2D eigenvalue weighted by Gasteiger charge is -2.24. The Morgan fingerprint density at radius 1 is 1.19 bits per heavy atom. The molecule has 4 nitrogen and oxygen atoms in total. The number of aromatic nitrogens is 1. The molecule has 1 fully saturated rings. The van der Waals surface area contributed by atoms with E-state index in [1.54, 1.807) is 18.2 Å². The molecule has 2 heterocycles. The average molecular weight is 350 g/mol. The quantitative estimate of drug-likeness (QED) is 0.684. The number of carbonyl (C=O) groups is 1. The third-order valence-corrected chi connectivity index (χ3v) is 4.85. The Balaban J connectivity index is 1.59. The number of rotatable bonds is 3. The number of amides is 1. The highest BCUT2D eigenvalue weighted by molar-refractivity contribution is 5.93. The van der Waals surface area contributed by atoms with Gasteiger partial charge in [-0.15, -0.1) is 0 Å². The number of hydrogen-bond donors (Lipinski definition) is 0. The van der Waals surface area contributed by atoms with Gasteiger partial charge < -0.3 is 9.42 Å². The molecule has 1 amide bonds. The molecule has 1 aliphatic rings. The Kier molecular flexibility index (Phi) is 4.29. The van der Waals surface area contributed by atoms with Crippen LogP contribution in [0.4, 0.5) is 4.39 Å². The molecule has 0 saturated carbocycles. The first-order chi connectivity index (χ1) is 12.6. The highest BCUT2D eigenvalue weighted by Gasteiger charge is 2.32. The molecule has 0 spiro atoms. The smallest absolute Gasteiger partial charge is 0.292 e. The molecule has 0 unspecified atom stereocenters. The normalized spacial score (nSPS) is 16.8. The molecular weight excluding hydrogens is 331 g/mol. The molecule has 3 aromatic rings. The molecule has 0 radical (unpaired) electrons. The van der Waals surface area contributed by atoms with Crippen LogP contribution in [0, 0.1) is 12.7 Å². The predicted octanol–water partition coefficient (Wildman–Crippen LogP) is 4.77. The highest BCUT2D eigenvalue weighted by atomic mass is 19.1. The molecule has 2 aromatic carbocycles. The second-order valence-electron chi connectivity index (χ2n) is 6.62. The minimum atomic E-state index is -0.390. The SMILES string of the molecule is Cc1ccc([C@H]2CCCN2C(=O)c2cc(-c3ccccc3F)no2)cc1. The van der Waals surface area contributed by atoms with Gasteiger partial charge in [0.25, 0.3) is 5.91 Å². The number of aryl methyl sites for hydroxylation is 1. The van der Waals surface area contributed by atoms with E-state index in [0.717, 1.165) is 18.4 Å². The molecule has 1 atom stereocenters. The highest BCUT2D eigenvalue weighted by Crippen LogP contribution is 2.34. The van der Waals surface area contributed by atoms with E-state index in [1.165, 1.54) is 17.7 Å². The summed E-state index contributed by atoms with van der Waals surface area (Å²) in [6.45, 7) is 2.72. The number of carbonyl (C=O) groups excluding carboxylic acids is 1. The van der Waals surface area contributed by atoms with Gasteiger partial charge in [0.2, 0.25) is 5.76 Å². The maximum absolute atomic E-state index is 13.9. The fourth-order valence-corrected chi connectivity index (χ4v) is 3.46. The van der Waals surface area contributed by atoms with E-state index in [-0.39, 0.29) is 17.7 Å². The standard InChI is InChI=1S/C21H19FN2O2/c1-14-8-10-15(11-9-14)19-7-4-12-24(19)21(25)20-13-18(23-26-20)16-5-2-3-6-17(16)22/h2-3,5-6,8-11,13,19H,4,7,12H2,1H3/t19-/m1/s1. The van der Waals surface area contributed by atoms with Crippen LogP contribution < -0.4 is 0 Å². The average Bonchev–Trinajstić information content (AvgIpc) is 3.32. The van der Waals surface area contributed by atoms with E-state index in [9.17, 15) is 9.18 Å². The zero-order valence-electron chi connectivity index (χ0n) is 14.5. The van der Waals surface area contributed by atoms with Crippen molar-refractivity contribution in [3.8, 4) is 11.3 Å². The van der Waals surface area contributed by atoms with Crippen molar-refractivity contribution < 1.29 is 13.7 Å². The van der Waals surface area contributed by atoms with E-state index >= 15 is 0 Å². The second-order valence-corrected chi connectivity index (χ2v) is 6.62. The van der Waals surface area contributed by atoms with Crippen LogP contribution in [0.5, 0.6) is 0 Å². The van der Waals surface area contributed by atoms with Crippen molar-refractivity contribution in [1.29, 1.82) is 0 Å². The van der Waals surface area contributed by atoms with Gasteiger partial charge in [0.15, 0.2) is 0 Å². The van der Waals surface area contributed by atoms with Gasteiger partial charge in [-0.05, 0) is 37.5 Å². The van der Waals surface area contributed by atoms with Crippen LogP contribution >= 0.6 is 0 Å². The van der Waals surface area contributed by atoms with E-state index in [0.29, 0.717) is 17.8 Å². The van der Waals surface area contributed by atoms with Gasteiger partial charge in [0.1, 0.15) is 11.5 Å². The van der Waals surface area contributed by atoms with Gasteiger partial charge in [-0.25, -0.2) is 4.39 Å². The van der Waals surface area contributed by atoms with Gasteiger partial charge in [0, 0.05) is 18.2 Å². The van der Waals surface area contributed by atoms with Crippen molar-refractivity contribution in [2.75, 3.05) is 6.54 Å². The summed E-state index contributed by atoms with van der Waals surface area (Å²) in [4.78, 5) is 14.7. The monoisotopic (exact) mass is 350 g/mol. The molecule has 26 heavy (non-hydrogen) atoms. The van der Waals surface area contributed by atoms with E-state index in [4.69, 9.17) is 4.52 Å². The maximum Gasteiger partial charge on any atom is 0.292 e. The Morgan fingerprint density at radius 2 is 1.96 bits per heavy atom. The summed E-state index contributed by atoms with van der Waals surface area (Å²) in [7, 11) is 0. The summed E-state index contributed by atoms with van der Waals surface area (Å²) in [5.74, 6) is -0.455. The van der Waals surface area contributed by atoms with Gasteiger partial charge >= 0.3 is 0 Å². The molecule has 0 bridgehead atoms. The zero-order valence-corrected chi connectivity index (χ0v) is 14.5. The van der Waals surface area contributed by atoms with Crippen molar-refractivity contribution in [2.45, 2.75) is 25.8 Å². The molecule has 1 saturated heterocycles. The van der Waals surface area contributed by atoms with Crippen LogP contribution in [-0.2, 0) is 0 Å². The maximum atomic E-state index is 13.9. The number of benzene rings is 2. The fourth-order valence-electron chi connectivity index (χ4n) is 3.46. The van der Waals surface area contributed by atoms with Crippen LogP contribution in [0.2, 0.25) is 0 Å². The first-order valence-corrected chi connectivity index (χ1v) is 8.72. The minimum absolute atomic E-state index is 0.0325. The number of likely N-dealkylation sites (tertiary alicyclic amines) is 1. The molecule has 0 N–H and O–H groups in total. The number of nitrogens with zero attached hydrogens (tertiary/aromatic N) is 2. The number of hydrogen-bond acceptors (Lipinski definition) is 3. The Morgan fingerprint density at radius 3 is 2.73 bits per heavy atom. The first-order valence-electron chi connectivity index (χ1n) is 8.72. The lowest BCUT2D eigenvalue weighted by atomic mass is 10.0. The van der Waals surface area contributed by atoms with Gasteiger partial charge in [-0.2, -0.15) is 0 Å². The third-order valence-electron chi connectivity index (χ3n) is 4.85. The first kappa shape index (κ1) is 16.5. The number of halogens is 1. The van der Waals surface area contributed by atoms with Crippen molar-refractivity contribution in [2.24, 2.45) is 0 Å². The Labute approximate surface area is 151 Å². The molecule has 132 valence electrons. The molecule has 1 aliphatic heterocycles. The van der Waals surface area contributed by atoms with Gasteiger partial charge in [-0.3, -0.25) is 4.79 Å². The molecule has 5 heteroatoms. The van der Waals surface area contributed by atoms with E-state index in [2.05, 4.69) is 29.4 Å². The molecule has 1 aromatic heterocycles. The van der Waals surface area contributed by atoms with Crippen LogP contribution in [0.25, 0.3) is 11.3 Å². The molecular formula is C21H19FN2O2. The van der Waals surface area contributed by atoms with Gasteiger partial charge in [0.05, 0.1) is 6.04 Å². The Hall–Kier alpha value is -2.95. The van der Waals surface area contributed by atoms with Crippen LogP contribution in [0.3, 0.4) is 0 Å². The summed E-state index contributed by atoms with van der Waals surface area (Å²) in [5, 5.41) is 3.89. The summed E-state index contributed by atoms with van der Waals surface area (Å²) < 4.78 is 19.2. The lowest BCUT2D eigenvalue weighted by molar-refractivity contribution is 0.0693. The fraction of sp³-hybridized carbons (Fsp3) is 0.238. The summed E-state index contributed by atoms with van der Waals surface area (Å²) in [6.07, 6.45) is 1.86. The van der Waals surface area contributed by atoms with Crippen molar-refractivity contribution in [1.82, 2.24) is 10.1 Å². The zero-order chi connectivity index (χ0) is 18.1. The molecule has 0 aliphatic carbocycles. The van der Waals surface area contributed by atoms with Crippen molar-refractivity contribution >= 4 is 5.91 Å².